The summed E-state index contributed by atoms with van der Waals surface area (Å²) in [6.45, 7) is 5.85. The van der Waals surface area contributed by atoms with Crippen molar-refractivity contribution >= 4 is 40.1 Å². The molecule has 0 saturated carbocycles. The highest BCUT2D eigenvalue weighted by molar-refractivity contribution is 14.1. The lowest BCUT2D eigenvalue weighted by Crippen LogP contribution is -2.43. The minimum absolute atomic E-state index is 0.215. The largest absolute Gasteiger partial charge is 0.377 e. The van der Waals surface area contributed by atoms with Crippen LogP contribution in [-0.2, 0) is 22.5 Å². The molecule has 8 nitrogen and oxygen atoms in total. The Labute approximate surface area is 183 Å². The zero-order chi connectivity index (χ0) is 20.2. The standard InChI is InChI=1S/C20H24IN5O3/c1-2-22-20(27)23-14-5-3-13(4-6-14)18-24-16-7-9-28-11-15(16)19(25-18)26-8-10-29-12-17(26)21/h3-6,17H,2,7-12H2,1H3,(H2,22,23,27)/t17-/m1/s1. The highest BCUT2D eigenvalue weighted by Crippen LogP contribution is 2.32. The predicted molar refractivity (Wildman–Crippen MR) is 119 cm³/mol. The number of carbonyl (C=O) groups is 1. The summed E-state index contributed by atoms with van der Waals surface area (Å²) in [6, 6.07) is 7.39. The first-order valence-corrected chi connectivity index (χ1v) is 11.0. The molecule has 29 heavy (non-hydrogen) atoms. The van der Waals surface area contributed by atoms with Crippen LogP contribution in [0.1, 0.15) is 18.2 Å². The third-order valence-corrected chi connectivity index (χ3v) is 5.91. The molecule has 0 radical (unpaired) electrons. The van der Waals surface area contributed by atoms with E-state index in [1.807, 2.05) is 31.2 Å². The van der Waals surface area contributed by atoms with E-state index in [0.29, 0.717) is 38.8 Å². The SMILES string of the molecule is CCNC(=O)Nc1ccc(-c2nc3c(c(N4CCOC[C@@H]4I)n2)COCC3)cc1. The van der Waals surface area contributed by atoms with Crippen molar-refractivity contribution in [1.82, 2.24) is 15.3 Å². The topological polar surface area (TPSA) is 88.6 Å². The summed E-state index contributed by atoms with van der Waals surface area (Å²) in [5.74, 6) is 1.64. The molecule has 1 aromatic carbocycles. The number of alkyl halides is 1. The van der Waals surface area contributed by atoms with Gasteiger partial charge in [0.05, 0.1) is 32.1 Å². The molecule has 2 aromatic rings. The second kappa shape index (κ2) is 9.23. The summed E-state index contributed by atoms with van der Waals surface area (Å²) < 4.78 is 11.5. The van der Waals surface area contributed by atoms with Crippen LogP contribution in [0, 0.1) is 0 Å². The lowest BCUT2D eigenvalue weighted by Gasteiger charge is -2.35. The smallest absolute Gasteiger partial charge is 0.319 e. The van der Waals surface area contributed by atoms with Crippen molar-refractivity contribution in [3.63, 3.8) is 0 Å². The molecular formula is C20H24IN5O3. The van der Waals surface area contributed by atoms with Gasteiger partial charge in [0.2, 0.25) is 0 Å². The van der Waals surface area contributed by atoms with Crippen molar-refractivity contribution in [2.24, 2.45) is 0 Å². The number of aromatic nitrogens is 2. The van der Waals surface area contributed by atoms with Crippen LogP contribution in [0.2, 0.25) is 0 Å². The van der Waals surface area contributed by atoms with Crippen LogP contribution in [0.15, 0.2) is 24.3 Å². The van der Waals surface area contributed by atoms with Crippen molar-refractivity contribution in [2.45, 2.75) is 24.0 Å². The summed E-state index contributed by atoms with van der Waals surface area (Å²) >= 11 is 2.40. The van der Waals surface area contributed by atoms with Gasteiger partial charge in [-0.05, 0) is 31.2 Å². The molecule has 1 saturated heterocycles. The quantitative estimate of drug-likeness (QED) is 0.375. The minimum atomic E-state index is -0.215. The number of amides is 2. The fourth-order valence-corrected chi connectivity index (χ4v) is 4.23. The van der Waals surface area contributed by atoms with Crippen LogP contribution in [0.5, 0.6) is 0 Å². The first-order chi connectivity index (χ1) is 14.2. The van der Waals surface area contributed by atoms with Gasteiger partial charge in [0.1, 0.15) is 9.87 Å². The Kier molecular flexibility index (Phi) is 6.46. The molecule has 9 heteroatoms. The van der Waals surface area contributed by atoms with Gasteiger partial charge < -0.3 is 25.0 Å². The van der Waals surface area contributed by atoms with E-state index in [0.717, 1.165) is 41.3 Å². The van der Waals surface area contributed by atoms with Crippen LogP contribution in [0.4, 0.5) is 16.3 Å². The molecule has 4 rings (SSSR count). The molecule has 1 aromatic heterocycles. The maximum atomic E-state index is 11.7. The van der Waals surface area contributed by atoms with Gasteiger partial charge in [-0.25, -0.2) is 14.8 Å². The number of halogens is 1. The number of urea groups is 1. The number of nitrogens with zero attached hydrogens (tertiary/aromatic N) is 3. The van der Waals surface area contributed by atoms with Crippen LogP contribution in [-0.4, -0.2) is 53.0 Å². The average Bonchev–Trinajstić information content (AvgIpc) is 2.74. The number of carbonyl (C=O) groups excluding carboxylic acids is 1. The molecule has 1 fully saturated rings. The van der Waals surface area contributed by atoms with E-state index < -0.39 is 0 Å². The number of benzene rings is 1. The van der Waals surface area contributed by atoms with Crippen molar-refractivity contribution < 1.29 is 14.3 Å². The van der Waals surface area contributed by atoms with Crippen molar-refractivity contribution in [1.29, 1.82) is 0 Å². The molecule has 2 aliphatic rings. The lowest BCUT2D eigenvalue weighted by molar-refractivity contribution is 0.106. The zero-order valence-corrected chi connectivity index (χ0v) is 18.4. The summed E-state index contributed by atoms with van der Waals surface area (Å²) in [4.78, 5) is 23.7. The molecule has 3 heterocycles. The zero-order valence-electron chi connectivity index (χ0n) is 16.3. The molecule has 0 unspecified atom stereocenters. The van der Waals surface area contributed by atoms with Gasteiger partial charge in [-0.3, -0.25) is 0 Å². The Bertz CT molecular complexity index is 877. The first kappa shape index (κ1) is 20.3. The lowest BCUT2D eigenvalue weighted by atomic mass is 10.1. The van der Waals surface area contributed by atoms with E-state index in [-0.39, 0.29) is 10.1 Å². The van der Waals surface area contributed by atoms with Crippen molar-refractivity contribution in [3.8, 4) is 11.4 Å². The van der Waals surface area contributed by atoms with E-state index in [9.17, 15) is 4.79 Å². The average molecular weight is 509 g/mol. The van der Waals surface area contributed by atoms with Gasteiger partial charge in [0.15, 0.2) is 5.82 Å². The Balaban J connectivity index is 1.65. The summed E-state index contributed by atoms with van der Waals surface area (Å²) in [5.41, 5.74) is 3.78. The first-order valence-electron chi connectivity index (χ1n) is 9.77. The Morgan fingerprint density at radius 2 is 2.07 bits per heavy atom. The molecule has 2 aliphatic heterocycles. The molecule has 0 bridgehead atoms. The fraction of sp³-hybridized carbons (Fsp3) is 0.450. The minimum Gasteiger partial charge on any atom is -0.377 e. The number of anilines is 2. The molecule has 2 N–H and O–H groups in total. The second-order valence-corrected chi connectivity index (χ2v) is 8.30. The van der Waals surface area contributed by atoms with E-state index in [1.54, 1.807) is 0 Å². The number of ether oxygens (including phenoxy) is 2. The number of hydrogen-bond donors (Lipinski definition) is 2. The monoisotopic (exact) mass is 509 g/mol. The normalized spacial score (nSPS) is 18.8. The van der Waals surface area contributed by atoms with Crippen molar-refractivity contribution in [3.05, 3.63) is 35.5 Å². The van der Waals surface area contributed by atoms with E-state index in [1.165, 1.54) is 0 Å². The van der Waals surface area contributed by atoms with Crippen LogP contribution in [0.3, 0.4) is 0 Å². The highest BCUT2D eigenvalue weighted by Gasteiger charge is 2.28. The Hall–Kier alpha value is -1.98. The molecule has 2 amide bonds. The summed E-state index contributed by atoms with van der Waals surface area (Å²) in [7, 11) is 0. The second-order valence-electron chi connectivity index (χ2n) is 6.86. The van der Waals surface area contributed by atoms with Gasteiger partial charge in [-0.2, -0.15) is 0 Å². The Morgan fingerprint density at radius 3 is 2.83 bits per heavy atom. The maximum Gasteiger partial charge on any atom is 0.319 e. The van der Waals surface area contributed by atoms with Crippen LogP contribution in [0.25, 0.3) is 11.4 Å². The van der Waals surface area contributed by atoms with Gasteiger partial charge >= 0.3 is 6.03 Å². The van der Waals surface area contributed by atoms with Gasteiger partial charge in [0, 0.05) is 36.3 Å². The van der Waals surface area contributed by atoms with Gasteiger partial charge in [-0.1, -0.05) is 22.6 Å². The maximum absolute atomic E-state index is 11.7. The highest BCUT2D eigenvalue weighted by atomic mass is 127. The van der Waals surface area contributed by atoms with E-state index in [4.69, 9.17) is 19.4 Å². The number of fused-ring (bicyclic) bond motifs is 1. The summed E-state index contributed by atoms with van der Waals surface area (Å²) in [5, 5.41) is 5.53. The van der Waals surface area contributed by atoms with E-state index in [2.05, 4.69) is 38.1 Å². The molecular weight excluding hydrogens is 485 g/mol. The number of rotatable bonds is 4. The number of hydrogen-bond acceptors (Lipinski definition) is 6. The van der Waals surface area contributed by atoms with Gasteiger partial charge in [-0.15, -0.1) is 0 Å². The molecule has 0 spiro atoms. The third-order valence-electron chi connectivity index (χ3n) is 4.88. The molecule has 154 valence electrons. The third kappa shape index (κ3) is 4.62. The number of nitrogens with one attached hydrogen (secondary N) is 2. The molecule has 0 aliphatic carbocycles. The molecule has 1 atom stereocenters. The number of morpholine rings is 1. The predicted octanol–water partition coefficient (Wildman–Crippen LogP) is 2.96. The summed E-state index contributed by atoms with van der Waals surface area (Å²) in [6.07, 6.45) is 0.783. The fourth-order valence-electron chi connectivity index (χ4n) is 3.43. The Morgan fingerprint density at radius 1 is 1.24 bits per heavy atom. The van der Waals surface area contributed by atoms with E-state index >= 15 is 0 Å². The van der Waals surface area contributed by atoms with Crippen LogP contribution < -0.4 is 15.5 Å². The van der Waals surface area contributed by atoms with Crippen molar-refractivity contribution in [2.75, 3.05) is 43.1 Å². The van der Waals surface area contributed by atoms with Crippen LogP contribution >= 0.6 is 22.6 Å². The van der Waals surface area contributed by atoms with Gasteiger partial charge in [0.25, 0.3) is 0 Å².